The van der Waals surface area contributed by atoms with Crippen LogP contribution in [0.15, 0.2) is 0 Å². The van der Waals surface area contributed by atoms with Crippen molar-refractivity contribution >= 4 is 0 Å². The van der Waals surface area contributed by atoms with Crippen LogP contribution in [0.5, 0.6) is 0 Å². The van der Waals surface area contributed by atoms with Gasteiger partial charge in [0.05, 0.1) is 12.7 Å². The van der Waals surface area contributed by atoms with Gasteiger partial charge < -0.3 is 10.1 Å². The minimum absolute atomic E-state index is 0.538. The number of unbranched alkanes of at least 4 members (excludes halogenated alkanes) is 15. The Hall–Kier alpha value is -0.160. The Morgan fingerprint density at radius 1 is 0.680 bits per heavy atom. The van der Waals surface area contributed by atoms with Gasteiger partial charge in [0, 0.05) is 6.54 Å². The number of nitrogens with two attached hydrogens (primary N) is 2. The van der Waals surface area contributed by atoms with Crippen molar-refractivity contribution in [1.29, 1.82) is 0 Å². The number of nitrogens with one attached hydrogen (secondary N) is 1. The van der Waals surface area contributed by atoms with E-state index in [4.69, 9.17) is 4.74 Å². The summed E-state index contributed by atoms with van der Waals surface area (Å²) < 4.78 is 5.18. The predicted molar refractivity (Wildman–Crippen MR) is 111 cm³/mol. The maximum Gasteiger partial charge on any atom is 0.0933 e. The first kappa shape index (κ1) is 24.8. The fourth-order valence-corrected chi connectivity index (χ4v) is 3.25. The van der Waals surface area contributed by atoms with Gasteiger partial charge in [0.25, 0.3) is 0 Å². The molecule has 4 nitrogen and oxygen atoms in total. The van der Waals surface area contributed by atoms with E-state index < -0.39 is 0 Å². The highest BCUT2D eigenvalue weighted by molar-refractivity contribution is 4.71. The molecule has 0 aromatic carbocycles. The summed E-state index contributed by atoms with van der Waals surface area (Å²) in [5.41, 5.74) is 0. The van der Waals surface area contributed by atoms with E-state index in [0.717, 1.165) is 13.2 Å². The topological polar surface area (TPSA) is 76.6 Å². The number of epoxide rings is 1. The molecule has 0 bridgehead atoms. The molecule has 1 aliphatic heterocycles. The molecule has 0 aliphatic carbocycles. The van der Waals surface area contributed by atoms with Crippen molar-refractivity contribution in [2.24, 2.45) is 11.7 Å². The third kappa shape index (κ3) is 21.8. The van der Waals surface area contributed by atoms with Gasteiger partial charge in [-0.1, -0.05) is 103 Å². The highest BCUT2D eigenvalue weighted by Crippen LogP contribution is 2.13. The van der Waals surface area contributed by atoms with Gasteiger partial charge in [0.1, 0.15) is 0 Å². The molecule has 25 heavy (non-hydrogen) atoms. The molecule has 1 atom stereocenters. The van der Waals surface area contributed by atoms with E-state index in [0.29, 0.717) is 6.10 Å². The molecule has 0 aromatic heterocycles. The number of hydrazine groups is 1. The number of hydrogen-bond acceptors (Lipinski definition) is 4. The molecule has 0 amide bonds. The smallest absolute Gasteiger partial charge is 0.0933 e. The fourth-order valence-electron chi connectivity index (χ4n) is 3.25. The summed E-state index contributed by atoms with van der Waals surface area (Å²) in [6.45, 7) is 5.52. The summed E-state index contributed by atoms with van der Waals surface area (Å²) in [7, 11) is 0. The van der Waals surface area contributed by atoms with Gasteiger partial charge in [-0.15, -0.1) is 0 Å². The van der Waals surface area contributed by atoms with E-state index in [-0.39, 0.29) is 0 Å². The summed E-state index contributed by atoms with van der Waals surface area (Å²) in [5.74, 6) is 8.00. The second-order valence-corrected chi connectivity index (χ2v) is 7.46. The molecule has 1 fully saturated rings. The van der Waals surface area contributed by atoms with Crippen LogP contribution >= 0.6 is 0 Å². The summed E-state index contributed by atoms with van der Waals surface area (Å²) in [6.07, 6.45) is 23.7. The van der Waals surface area contributed by atoms with Gasteiger partial charge in [-0.2, -0.15) is 0 Å². The quantitative estimate of drug-likeness (QED) is 0.131. The third-order valence-corrected chi connectivity index (χ3v) is 4.98. The van der Waals surface area contributed by atoms with Crippen LogP contribution in [-0.2, 0) is 4.74 Å². The number of ether oxygens (including phenoxy) is 1. The predicted octanol–water partition coefficient (Wildman–Crippen LogP) is 5.06. The molecular weight excluding hydrogens is 310 g/mol. The molecule has 1 rings (SSSR count). The molecule has 1 unspecified atom stereocenters. The average molecular weight is 358 g/mol. The van der Waals surface area contributed by atoms with Crippen molar-refractivity contribution in [1.82, 2.24) is 5.32 Å². The van der Waals surface area contributed by atoms with Gasteiger partial charge in [-0.3, -0.25) is 11.7 Å². The van der Waals surface area contributed by atoms with Crippen LogP contribution in [0.4, 0.5) is 0 Å². The van der Waals surface area contributed by atoms with E-state index in [2.05, 4.69) is 23.9 Å². The van der Waals surface area contributed by atoms with Crippen molar-refractivity contribution < 1.29 is 4.74 Å². The Morgan fingerprint density at radius 2 is 1.04 bits per heavy atom. The Morgan fingerprint density at radius 3 is 1.40 bits per heavy atom. The van der Waals surface area contributed by atoms with Gasteiger partial charge in [0.2, 0.25) is 0 Å². The van der Waals surface area contributed by atoms with Crippen LogP contribution in [0.2, 0.25) is 0 Å². The normalized spacial score (nSPS) is 15.7. The Bertz CT molecular complexity index is 235. The number of hydrogen-bond donors (Lipinski definition) is 3. The highest BCUT2D eigenvalue weighted by atomic mass is 16.6. The maximum absolute atomic E-state index is 5.18. The van der Waals surface area contributed by atoms with Crippen molar-refractivity contribution in [2.75, 3.05) is 19.7 Å². The molecule has 1 heterocycles. The molecule has 0 radical (unpaired) electrons. The van der Waals surface area contributed by atoms with E-state index >= 15 is 0 Å². The lowest BCUT2D eigenvalue weighted by atomic mass is 10.0. The van der Waals surface area contributed by atoms with Gasteiger partial charge in [-0.05, 0) is 13.0 Å². The van der Waals surface area contributed by atoms with Crippen molar-refractivity contribution in [2.45, 2.75) is 116 Å². The van der Waals surface area contributed by atoms with Crippen LogP contribution in [-0.4, -0.2) is 25.8 Å². The maximum atomic E-state index is 5.18. The first-order valence-corrected chi connectivity index (χ1v) is 11.1. The first-order chi connectivity index (χ1) is 12.4. The van der Waals surface area contributed by atoms with Gasteiger partial charge in [0.15, 0.2) is 0 Å². The van der Waals surface area contributed by atoms with E-state index in [1.54, 1.807) is 0 Å². The fraction of sp³-hybridized carbons (Fsp3) is 1.00. The summed E-state index contributed by atoms with van der Waals surface area (Å²) >= 11 is 0. The van der Waals surface area contributed by atoms with Gasteiger partial charge >= 0.3 is 0 Å². The van der Waals surface area contributed by atoms with Crippen molar-refractivity contribution in [3.63, 3.8) is 0 Å². The summed E-state index contributed by atoms with van der Waals surface area (Å²) in [5, 5.41) is 3.47. The molecule has 5 N–H and O–H groups in total. The number of rotatable bonds is 19. The van der Waals surface area contributed by atoms with Crippen LogP contribution in [0.1, 0.15) is 110 Å². The zero-order valence-corrected chi connectivity index (χ0v) is 17.1. The monoisotopic (exact) mass is 357 g/mol. The average Bonchev–Trinajstić information content (AvgIpc) is 3.47. The second-order valence-electron chi connectivity index (χ2n) is 7.46. The zero-order chi connectivity index (χ0) is 18.4. The van der Waals surface area contributed by atoms with Crippen molar-refractivity contribution in [3.05, 3.63) is 0 Å². The Balaban J connectivity index is 0.00000277. The molecule has 1 aliphatic rings. The molecular formula is C21H47N3O. The Kier molecular flexibility index (Phi) is 21.7. The van der Waals surface area contributed by atoms with Crippen LogP contribution in [0.25, 0.3) is 0 Å². The molecule has 152 valence electrons. The van der Waals surface area contributed by atoms with E-state index in [1.807, 2.05) is 0 Å². The third-order valence-electron chi connectivity index (χ3n) is 4.98. The minimum atomic E-state index is 0.538. The van der Waals surface area contributed by atoms with Crippen LogP contribution in [0.3, 0.4) is 0 Å². The minimum Gasteiger partial charge on any atom is -0.372 e. The van der Waals surface area contributed by atoms with E-state index in [9.17, 15) is 0 Å². The standard InChI is InChI=1S/C21H43NO.H4N2/c1-2-3-4-5-6-7-8-9-10-11-12-13-14-15-16-17-18-22-19-21-20-23-21;1-2/h21-22H,2-20H2,1H3;1-2H2. The van der Waals surface area contributed by atoms with E-state index in [1.165, 1.54) is 109 Å². The van der Waals surface area contributed by atoms with Gasteiger partial charge in [-0.25, -0.2) is 0 Å². The lowest BCUT2D eigenvalue weighted by molar-refractivity contribution is 0.395. The molecule has 1 saturated heterocycles. The SMILES string of the molecule is CCCCCCCCCCCCCCCCCCNCC1CO1.NN. The van der Waals surface area contributed by atoms with Crippen LogP contribution in [0, 0.1) is 0 Å². The summed E-state index contributed by atoms with van der Waals surface area (Å²) in [6, 6.07) is 0. The van der Waals surface area contributed by atoms with Crippen molar-refractivity contribution in [3.8, 4) is 0 Å². The first-order valence-electron chi connectivity index (χ1n) is 11.1. The lowest BCUT2D eigenvalue weighted by Gasteiger charge is -2.04. The Labute approximate surface area is 157 Å². The summed E-state index contributed by atoms with van der Waals surface area (Å²) in [4.78, 5) is 0. The molecule has 0 aromatic rings. The second kappa shape index (κ2) is 21.9. The zero-order valence-electron chi connectivity index (χ0n) is 17.1. The molecule has 4 heteroatoms. The molecule has 0 saturated carbocycles. The lowest BCUT2D eigenvalue weighted by Crippen LogP contribution is -2.20. The van der Waals surface area contributed by atoms with Crippen LogP contribution < -0.4 is 17.0 Å². The molecule has 0 spiro atoms. The highest BCUT2D eigenvalue weighted by Gasteiger charge is 2.20. The largest absolute Gasteiger partial charge is 0.372 e.